The van der Waals surface area contributed by atoms with Crippen LogP contribution in [0.4, 0.5) is 5.69 Å². The van der Waals surface area contributed by atoms with Crippen LogP contribution in [-0.2, 0) is 32.6 Å². The van der Waals surface area contributed by atoms with E-state index in [-0.39, 0.29) is 18.9 Å². The van der Waals surface area contributed by atoms with Gasteiger partial charge < -0.3 is 10.2 Å². The third kappa shape index (κ3) is 8.57. The summed E-state index contributed by atoms with van der Waals surface area (Å²) in [5.41, 5.74) is 3.08. The van der Waals surface area contributed by atoms with Crippen LogP contribution in [0.5, 0.6) is 0 Å². The molecule has 0 spiro atoms. The summed E-state index contributed by atoms with van der Waals surface area (Å²) < 4.78 is 27.0. The number of benzene rings is 3. The van der Waals surface area contributed by atoms with E-state index in [1.54, 1.807) is 25.1 Å². The fourth-order valence-corrected chi connectivity index (χ4v) is 5.43. The fourth-order valence-electron chi connectivity index (χ4n) is 4.36. The van der Waals surface area contributed by atoms with Crippen LogP contribution >= 0.6 is 11.6 Å². The Morgan fingerprint density at radius 1 is 0.900 bits per heavy atom. The van der Waals surface area contributed by atoms with E-state index in [1.165, 1.54) is 4.90 Å². The number of aryl methyl sites for hydroxylation is 1. The molecule has 0 saturated carbocycles. The van der Waals surface area contributed by atoms with E-state index >= 15 is 0 Å². The minimum absolute atomic E-state index is 0.125. The van der Waals surface area contributed by atoms with Crippen LogP contribution in [-0.4, -0.2) is 49.5 Å². The lowest BCUT2D eigenvalue weighted by Gasteiger charge is -2.35. The molecule has 1 N–H and O–H groups in total. The summed E-state index contributed by atoms with van der Waals surface area (Å²) in [6.45, 7) is 8.95. The lowest BCUT2D eigenvalue weighted by molar-refractivity contribution is -0.140. The first-order valence-electron chi connectivity index (χ1n) is 13.1. The van der Waals surface area contributed by atoms with Gasteiger partial charge in [0, 0.05) is 23.5 Å². The summed E-state index contributed by atoms with van der Waals surface area (Å²) >= 11 is 6.30. The Morgan fingerprint density at radius 3 is 2.10 bits per heavy atom. The molecule has 214 valence electrons. The number of rotatable bonds is 10. The van der Waals surface area contributed by atoms with Crippen molar-refractivity contribution in [1.29, 1.82) is 0 Å². The highest BCUT2D eigenvalue weighted by Gasteiger charge is 2.34. The van der Waals surface area contributed by atoms with Gasteiger partial charge in [0.1, 0.15) is 12.6 Å². The maximum atomic E-state index is 14.1. The van der Waals surface area contributed by atoms with Crippen LogP contribution in [0.15, 0.2) is 72.8 Å². The van der Waals surface area contributed by atoms with Crippen molar-refractivity contribution in [2.24, 2.45) is 0 Å². The molecule has 7 nitrogen and oxygen atoms in total. The Hall–Kier alpha value is -3.36. The summed E-state index contributed by atoms with van der Waals surface area (Å²) in [6, 6.07) is 21.2. The summed E-state index contributed by atoms with van der Waals surface area (Å²) in [4.78, 5) is 29.4. The van der Waals surface area contributed by atoms with E-state index in [2.05, 4.69) is 5.32 Å². The van der Waals surface area contributed by atoms with Crippen LogP contribution < -0.4 is 9.62 Å². The molecule has 0 heterocycles. The lowest BCUT2D eigenvalue weighted by Crippen LogP contribution is -2.56. The first kappa shape index (κ1) is 31.2. The van der Waals surface area contributed by atoms with Crippen molar-refractivity contribution in [1.82, 2.24) is 10.2 Å². The number of sulfonamides is 1. The van der Waals surface area contributed by atoms with Crippen molar-refractivity contribution in [2.75, 3.05) is 17.1 Å². The standard InChI is InChI=1S/C31H38ClN3O4S/c1-22-15-17-25(18-16-22)20-34(28(30(37)33-31(3,4)5)19-24-11-8-7-9-12-24)29(36)21-35(40(6,38)39)27-14-10-13-26(32)23(27)2/h7-18,28H,19-21H2,1-6H3,(H,33,37)/t28-/m0/s1. The third-order valence-corrected chi connectivity index (χ3v) is 7.97. The molecule has 0 unspecified atom stereocenters. The van der Waals surface area contributed by atoms with Gasteiger partial charge in [0.15, 0.2) is 0 Å². The SMILES string of the molecule is Cc1ccc(CN(C(=O)CN(c2cccc(Cl)c2C)S(C)(=O)=O)[C@@H](Cc2ccccc2)C(=O)NC(C)(C)C)cc1. The zero-order chi connectivity index (χ0) is 29.7. The molecule has 0 aliphatic heterocycles. The molecule has 0 aliphatic carbocycles. The van der Waals surface area contributed by atoms with E-state index < -0.39 is 34.1 Å². The van der Waals surface area contributed by atoms with E-state index in [4.69, 9.17) is 11.6 Å². The Balaban J connectivity index is 2.09. The molecule has 9 heteroatoms. The van der Waals surface area contributed by atoms with Gasteiger partial charge in [-0.2, -0.15) is 0 Å². The number of hydrogen-bond donors (Lipinski definition) is 1. The van der Waals surface area contributed by atoms with Gasteiger partial charge >= 0.3 is 0 Å². The molecular weight excluding hydrogens is 546 g/mol. The molecule has 0 aromatic heterocycles. The minimum atomic E-state index is -3.87. The Labute approximate surface area is 243 Å². The number of nitrogens with one attached hydrogen (secondary N) is 1. The molecule has 3 aromatic carbocycles. The highest BCUT2D eigenvalue weighted by atomic mass is 35.5. The van der Waals surface area contributed by atoms with Crippen LogP contribution in [0.1, 0.15) is 43.0 Å². The maximum absolute atomic E-state index is 14.1. The molecule has 0 aliphatic rings. The first-order valence-corrected chi connectivity index (χ1v) is 15.3. The number of carbonyl (C=O) groups excluding carboxylic acids is 2. The number of hydrogen-bond acceptors (Lipinski definition) is 4. The normalized spacial score (nSPS) is 12.5. The molecule has 1 atom stereocenters. The van der Waals surface area contributed by atoms with Crippen molar-refractivity contribution in [2.45, 2.75) is 59.2 Å². The van der Waals surface area contributed by atoms with Crippen molar-refractivity contribution >= 4 is 39.1 Å². The largest absolute Gasteiger partial charge is 0.350 e. The van der Waals surface area contributed by atoms with Crippen LogP contribution in [0.25, 0.3) is 0 Å². The predicted molar refractivity (Wildman–Crippen MR) is 162 cm³/mol. The highest BCUT2D eigenvalue weighted by molar-refractivity contribution is 7.92. The van der Waals surface area contributed by atoms with Gasteiger partial charge in [-0.05, 0) is 63.4 Å². The van der Waals surface area contributed by atoms with Crippen molar-refractivity contribution in [3.05, 3.63) is 100 Å². The third-order valence-electron chi connectivity index (χ3n) is 6.43. The summed E-state index contributed by atoms with van der Waals surface area (Å²) in [5.74, 6) is -0.822. The zero-order valence-corrected chi connectivity index (χ0v) is 25.5. The number of carbonyl (C=O) groups is 2. The molecule has 3 aromatic rings. The van der Waals surface area contributed by atoms with Crippen LogP contribution in [0, 0.1) is 13.8 Å². The Morgan fingerprint density at radius 2 is 1.52 bits per heavy atom. The van der Waals surface area contributed by atoms with Gasteiger partial charge in [0.05, 0.1) is 11.9 Å². The molecular formula is C31H38ClN3O4S. The molecule has 40 heavy (non-hydrogen) atoms. The summed E-state index contributed by atoms with van der Waals surface area (Å²) in [6.07, 6.45) is 1.31. The number of halogens is 1. The smallest absolute Gasteiger partial charge is 0.244 e. The second kappa shape index (κ2) is 12.9. The highest BCUT2D eigenvalue weighted by Crippen LogP contribution is 2.28. The van der Waals surface area contributed by atoms with Crippen molar-refractivity contribution in [3.8, 4) is 0 Å². The summed E-state index contributed by atoms with van der Waals surface area (Å²) in [7, 11) is -3.87. The quantitative estimate of drug-likeness (QED) is 0.352. The van der Waals surface area contributed by atoms with Gasteiger partial charge in [0.25, 0.3) is 0 Å². The van der Waals surface area contributed by atoms with Crippen LogP contribution in [0.3, 0.4) is 0 Å². The van der Waals surface area contributed by atoms with Gasteiger partial charge in [-0.15, -0.1) is 0 Å². The Bertz CT molecular complexity index is 1440. The predicted octanol–water partition coefficient (Wildman–Crippen LogP) is 5.28. The van der Waals surface area contributed by atoms with E-state index in [0.29, 0.717) is 16.3 Å². The zero-order valence-electron chi connectivity index (χ0n) is 23.9. The maximum Gasteiger partial charge on any atom is 0.244 e. The van der Waals surface area contributed by atoms with Gasteiger partial charge in [0.2, 0.25) is 21.8 Å². The average Bonchev–Trinajstić information content (AvgIpc) is 2.86. The number of anilines is 1. The second-order valence-corrected chi connectivity index (χ2v) is 13.4. The molecule has 3 rings (SSSR count). The monoisotopic (exact) mass is 583 g/mol. The molecule has 0 radical (unpaired) electrons. The molecule has 2 amide bonds. The molecule has 0 bridgehead atoms. The molecule has 0 saturated heterocycles. The van der Waals surface area contributed by atoms with E-state index in [0.717, 1.165) is 27.3 Å². The number of amides is 2. The minimum Gasteiger partial charge on any atom is -0.350 e. The first-order chi connectivity index (χ1) is 18.7. The lowest BCUT2D eigenvalue weighted by atomic mass is 10.0. The molecule has 0 fully saturated rings. The van der Waals surface area contributed by atoms with Crippen molar-refractivity contribution < 1.29 is 18.0 Å². The van der Waals surface area contributed by atoms with Gasteiger partial charge in [-0.3, -0.25) is 13.9 Å². The fraction of sp³-hybridized carbons (Fsp3) is 0.355. The topological polar surface area (TPSA) is 86.8 Å². The Kier molecular flexibility index (Phi) is 10.0. The second-order valence-electron chi connectivity index (χ2n) is 11.1. The summed E-state index contributed by atoms with van der Waals surface area (Å²) in [5, 5.41) is 3.41. The van der Waals surface area contributed by atoms with Gasteiger partial charge in [-0.25, -0.2) is 8.42 Å². The number of nitrogens with zero attached hydrogens (tertiary/aromatic N) is 2. The van der Waals surface area contributed by atoms with Gasteiger partial charge in [-0.1, -0.05) is 77.8 Å². The van der Waals surface area contributed by atoms with E-state index in [9.17, 15) is 18.0 Å². The van der Waals surface area contributed by atoms with Crippen molar-refractivity contribution in [3.63, 3.8) is 0 Å². The average molecular weight is 584 g/mol. The van der Waals surface area contributed by atoms with E-state index in [1.807, 2.05) is 82.3 Å². The van der Waals surface area contributed by atoms with Crippen LogP contribution in [0.2, 0.25) is 5.02 Å².